The van der Waals surface area contributed by atoms with Crippen LogP contribution < -0.4 is 0 Å². The molecule has 4 aliphatic carbocycles. The van der Waals surface area contributed by atoms with E-state index in [-0.39, 0.29) is 22.1 Å². The fourth-order valence-corrected chi connectivity index (χ4v) is 12.2. The molecule has 4 aliphatic rings. The zero-order valence-electron chi connectivity index (χ0n) is 25.3. The van der Waals surface area contributed by atoms with Gasteiger partial charge in [-0.3, -0.25) is 19.2 Å². The molecule has 1 saturated carbocycles. The molecule has 10 heteroatoms. The average molecular weight is 697 g/mol. The van der Waals surface area contributed by atoms with Gasteiger partial charge in [-0.25, -0.2) is 0 Å². The van der Waals surface area contributed by atoms with Crippen molar-refractivity contribution in [1.82, 2.24) is 0 Å². The molecular formula is C38H23F3O4S3. The van der Waals surface area contributed by atoms with Crippen LogP contribution in [-0.2, 0) is 21.2 Å². The summed E-state index contributed by atoms with van der Waals surface area (Å²) in [5.74, 6) is -2.62. The standard InChI is InChI=1S/C38H23F3O4S3/c1-17-5-7-21-23(11-17)30(42)32(44)25(21)13-19-14-27-29(37(19)9-3-2-4-10-37)35-36(47-27)34-28(48-35)16-20(46-34)15-26-22-8-6-18(38(39,40)41)12-24(22)31(43)33(26)45/h5-8,11-16H,2-4,9-10H2,1H3/b25-13-,26-15-. The summed E-state index contributed by atoms with van der Waals surface area (Å²) < 4.78 is 44.3. The van der Waals surface area contributed by atoms with E-state index in [0.29, 0.717) is 16.7 Å². The van der Waals surface area contributed by atoms with E-state index in [9.17, 15) is 32.3 Å². The summed E-state index contributed by atoms with van der Waals surface area (Å²) in [4.78, 5) is 53.6. The van der Waals surface area contributed by atoms with Crippen molar-refractivity contribution in [3.05, 3.63) is 103 Å². The fraction of sp³-hybridized carbons (Fsp3) is 0.211. The van der Waals surface area contributed by atoms with Crippen LogP contribution in [0, 0.1) is 6.92 Å². The maximum Gasteiger partial charge on any atom is 0.416 e. The summed E-state index contributed by atoms with van der Waals surface area (Å²) in [5.41, 5.74) is 3.89. The number of allylic oxidation sites excluding steroid dienone is 4. The highest BCUT2D eigenvalue weighted by Gasteiger charge is 2.46. The van der Waals surface area contributed by atoms with E-state index in [1.165, 1.54) is 27.7 Å². The van der Waals surface area contributed by atoms with Gasteiger partial charge in [0.25, 0.3) is 0 Å². The van der Waals surface area contributed by atoms with Crippen LogP contribution in [0.3, 0.4) is 0 Å². The van der Waals surface area contributed by atoms with Crippen molar-refractivity contribution in [3.63, 3.8) is 0 Å². The minimum absolute atomic E-state index is 0.112. The maximum atomic E-state index is 13.3. The number of carbonyl (C=O) groups is 4. The van der Waals surface area contributed by atoms with Gasteiger partial charge < -0.3 is 0 Å². The third kappa shape index (κ3) is 4.12. The molecule has 238 valence electrons. The molecule has 3 aromatic heterocycles. The second-order valence-electron chi connectivity index (χ2n) is 12.9. The average Bonchev–Trinajstić information content (AvgIpc) is 3.85. The lowest BCUT2D eigenvalue weighted by molar-refractivity contribution is -0.137. The summed E-state index contributed by atoms with van der Waals surface area (Å²) in [7, 11) is 0. The molecule has 0 saturated heterocycles. The number of Topliss-reactive ketones (excluding diaryl/α,β-unsaturated/α-hetero) is 4. The first-order valence-electron chi connectivity index (χ1n) is 15.6. The van der Waals surface area contributed by atoms with Crippen molar-refractivity contribution in [3.8, 4) is 0 Å². The zero-order chi connectivity index (χ0) is 33.3. The quantitative estimate of drug-likeness (QED) is 0.136. The van der Waals surface area contributed by atoms with Gasteiger partial charge in [-0.2, -0.15) is 13.2 Å². The Morgan fingerprint density at radius 1 is 0.688 bits per heavy atom. The second kappa shape index (κ2) is 10.1. The zero-order valence-corrected chi connectivity index (χ0v) is 27.8. The SMILES string of the molecule is Cc1ccc2c(c1)C(=O)C(=O)/C2=C\C1=Cc2sc3c(sc4cc(/C=C5\C(=O)C(=O)c6cc(C(F)(F)F)ccc65)sc43)c2C12CCCCC2. The topological polar surface area (TPSA) is 68.3 Å². The molecule has 0 aliphatic heterocycles. The van der Waals surface area contributed by atoms with Crippen LogP contribution in [-0.4, -0.2) is 23.1 Å². The second-order valence-corrected chi connectivity index (χ2v) is 16.1. The van der Waals surface area contributed by atoms with Crippen LogP contribution in [0.1, 0.15) is 90.4 Å². The Morgan fingerprint density at radius 2 is 1.35 bits per heavy atom. The first-order chi connectivity index (χ1) is 22.9. The van der Waals surface area contributed by atoms with E-state index in [4.69, 9.17) is 0 Å². The van der Waals surface area contributed by atoms with Crippen LogP contribution in [0.4, 0.5) is 13.2 Å². The third-order valence-corrected chi connectivity index (χ3v) is 13.9. The van der Waals surface area contributed by atoms with Crippen LogP contribution in [0.25, 0.3) is 42.1 Å². The molecule has 9 rings (SSSR count). The Hall–Kier alpha value is -4.25. The smallest absolute Gasteiger partial charge is 0.285 e. The van der Waals surface area contributed by atoms with Gasteiger partial charge in [-0.15, -0.1) is 34.0 Å². The van der Waals surface area contributed by atoms with Gasteiger partial charge in [0.2, 0.25) is 23.1 Å². The minimum atomic E-state index is -4.62. The molecule has 48 heavy (non-hydrogen) atoms. The molecule has 1 fully saturated rings. The highest BCUT2D eigenvalue weighted by Crippen LogP contribution is 2.60. The summed E-state index contributed by atoms with van der Waals surface area (Å²) in [5, 5.41) is 0. The number of thiophene rings is 3. The van der Waals surface area contributed by atoms with Gasteiger partial charge in [-0.05, 0) is 84.5 Å². The van der Waals surface area contributed by atoms with Gasteiger partial charge in [-0.1, -0.05) is 43.0 Å². The Bertz CT molecular complexity index is 2450. The van der Waals surface area contributed by atoms with Crippen molar-refractivity contribution in [2.24, 2.45) is 0 Å². The lowest BCUT2D eigenvalue weighted by atomic mass is 9.67. The first kappa shape index (κ1) is 29.9. The normalized spacial score (nSPS) is 20.2. The van der Waals surface area contributed by atoms with E-state index in [0.717, 1.165) is 79.2 Å². The summed E-state index contributed by atoms with van der Waals surface area (Å²) >= 11 is 4.90. The van der Waals surface area contributed by atoms with Gasteiger partial charge in [0.1, 0.15) is 0 Å². The fourth-order valence-electron chi connectivity index (χ4n) is 7.88. The summed E-state index contributed by atoms with van der Waals surface area (Å²) in [6, 6.07) is 10.5. The Labute approximate surface area is 283 Å². The number of alkyl halides is 3. The minimum Gasteiger partial charge on any atom is -0.285 e. The number of hydrogen-bond acceptors (Lipinski definition) is 7. The Morgan fingerprint density at radius 3 is 2.06 bits per heavy atom. The molecule has 0 bridgehead atoms. The van der Waals surface area contributed by atoms with Crippen molar-refractivity contribution in [1.29, 1.82) is 0 Å². The molecular weight excluding hydrogens is 674 g/mol. The molecule has 0 atom stereocenters. The van der Waals surface area contributed by atoms with E-state index in [1.807, 2.05) is 31.2 Å². The summed E-state index contributed by atoms with van der Waals surface area (Å²) in [6.45, 7) is 1.91. The predicted molar refractivity (Wildman–Crippen MR) is 185 cm³/mol. The number of fused-ring (bicyclic) bond motifs is 8. The first-order valence-corrected chi connectivity index (χ1v) is 18.1. The molecule has 0 radical (unpaired) electrons. The lowest BCUT2D eigenvalue weighted by Gasteiger charge is -2.36. The maximum absolute atomic E-state index is 13.3. The molecule has 3 heterocycles. The van der Waals surface area contributed by atoms with E-state index in [2.05, 4.69) is 6.08 Å². The van der Waals surface area contributed by atoms with Gasteiger partial charge in [0.05, 0.1) is 19.7 Å². The van der Waals surface area contributed by atoms with Crippen LogP contribution in [0.2, 0.25) is 0 Å². The number of ketones is 4. The van der Waals surface area contributed by atoms with Crippen molar-refractivity contribution >= 4 is 99.2 Å². The van der Waals surface area contributed by atoms with Gasteiger partial charge in [0.15, 0.2) is 0 Å². The Balaban J connectivity index is 1.14. The van der Waals surface area contributed by atoms with Crippen LogP contribution in [0.5, 0.6) is 0 Å². The lowest BCUT2D eigenvalue weighted by Crippen LogP contribution is -2.28. The number of benzene rings is 2. The monoisotopic (exact) mass is 696 g/mol. The number of halogens is 3. The van der Waals surface area contributed by atoms with Crippen LogP contribution in [0.15, 0.2) is 54.1 Å². The van der Waals surface area contributed by atoms with E-state index >= 15 is 0 Å². The number of rotatable bonds is 2. The van der Waals surface area contributed by atoms with Gasteiger partial charge in [0, 0.05) is 42.1 Å². The third-order valence-electron chi connectivity index (χ3n) is 10.1. The van der Waals surface area contributed by atoms with Gasteiger partial charge >= 0.3 is 6.18 Å². The number of hydrogen-bond donors (Lipinski definition) is 0. The van der Waals surface area contributed by atoms with E-state index < -0.39 is 34.9 Å². The van der Waals surface area contributed by atoms with E-state index in [1.54, 1.807) is 34.8 Å². The largest absolute Gasteiger partial charge is 0.416 e. The number of carbonyl (C=O) groups excluding carboxylic acids is 4. The Kier molecular flexibility index (Phi) is 6.30. The van der Waals surface area contributed by atoms with Crippen molar-refractivity contribution < 1.29 is 32.3 Å². The van der Waals surface area contributed by atoms with Crippen molar-refractivity contribution in [2.75, 3.05) is 0 Å². The van der Waals surface area contributed by atoms with Crippen molar-refractivity contribution in [2.45, 2.75) is 50.6 Å². The highest BCUT2D eigenvalue weighted by molar-refractivity contribution is 7.39. The predicted octanol–water partition coefficient (Wildman–Crippen LogP) is 10.3. The number of aryl methyl sites for hydroxylation is 1. The van der Waals surface area contributed by atoms with Crippen LogP contribution >= 0.6 is 34.0 Å². The molecule has 0 unspecified atom stereocenters. The molecule has 0 N–H and O–H groups in total. The molecule has 2 aromatic carbocycles. The molecule has 4 nitrogen and oxygen atoms in total. The summed E-state index contributed by atoms with van der Waals surface area (Å²) in [6.07, 6.45) is 6.37. The molecule has 1 spiro atoms. The molecule has 0 amide bonds. The highest BCUT2D eigenvalue weighted by atomic mass is 32.1. The molecule has 5 aromatic rings.